The van der Waals surface area contributed by atoms with Gasteiger partial charge in [-0.1, -0.05) is 67.1 Å². The normalized spacial score (nSPS) is 15.5. The second kappa shape index (κ2) is 8.83. The van der Waals surface area contributed by atoms with Gasteiger partial charge in [0.25, 0.3) is 0 Å². The fraction of sp³-hybridized carbons (Fsp3) is 0.269. The molecule has 0 bridgehead atoms. The van der Waals surface area contributed by atoms with Crippen LogP contribution in [-0.2, 0) is 6.54 Å². The minimum Gasteiger partial charge on any atom is -0.301 e. The van der Waals surface area contributed by atoms with E-state index in [1.54, 1.807) is 0 Å². The first-order chi connectivity index (χ1) is 15.2. The van der Waals surface area contributed by atoms with E-state index in [-0.39, 0.29) is 0 Å². The molecule has 0 saturated carbocycles. The molecule has 0 aliphatic carbocycles. The van der Waals surface area contributed by atoms with E-state index in [4.69, 9.17) is 16.6 Å². The Hall–Kier alpha value is -2.66. The number of rotatable bonds is 5. The maximum absolute atomic E-state index is 6.50. The summed E-state index contributed by atoms with van der Waals surface area (Å²) in [7, 11) is 0. The quantitative estimate of drug-likeness (QED) is 0.420. The van der Waals surface area contributed by atoms with Crippen molar-refractivity contribution in [2.75, 3.05) is 32.7 Å². The highest BCUT2D eigenvalue weighted by Crippen LogP contribution is 2.31. The van der Waals surface area contributed by atoms with Crippen LogP contribution >= 0.6 is 11.6 Å². The summed E-state index contributed by atoms with van der Waals surface area (Å²) in [6.45, 7) is 8.66. The van der Waals surface area contributed by atoms with Crippen molar-refractivity contribution in [3.05, 3.63) is 83.6 Å². The number of halogens is 1. The molecule has 4 aromatic rings. The Morgan fingerprint density at radius 3 is 2.26 bits per heavy atom. The van der Waals surface area contributed by atoms with Gasteiger partial charge < -0.3 is 9.30 Å². The third-order valence-corrected chi connectivity index (χ3v) is 6.56. The maximum atomic E-state index is 6.50. The Kier molecular flexibility index (Phi) is 5.77. The number of fused-ring (bicyclic) bond motifs is 1. The molecule has 31 heavy (non-hydrogen) atoms. The lowest BCUT2D eigenvalue weighted by Gasteiger charge is -2.34. The van der Waals surface area contributed by atoms with E-state index in [0.29, 0.717) is 0 Å². The first-order valence-corrected chi connectivity index (χ1v) is 11.4. The summed E-state index contributed by atoms with van der Waals surface area (Å²) < 4.78 is 2.26. The highest BCUT2D eigenvalue weighted by atomic mass is 35.5. The zero-order chi connectivity index (χ0) is 21.2. The predicted molar refractivity (Wildman–Crippen MR) is 128 cm³/mol. The Bertz CT molecular complexity index is 1180. The first kappa shape index (κ1) is 20.3. The SMILES string of the molecule is CCN1CCN(Cc2c(-c3ccccc3)nc3ccc(-c4ccccc4Cl)cn23)CC1. The minimum atomic E-state index is 0.766. The fourth-order valence-corrected chi connectivity index (χ4v) is 4.65. The summed E-state index contributed by atoms with van der Waals surface area (Å²) in [4.78, 5) is 10.1. The molecule has 0 amide bonds. The van der Waals surface area contributed by atoms with Crippen molar-refractivity contribution in [3.63, 3.8) is 0 Å². The Morgan fingerprint density at radius 1 is 0.806 bits per heavy atom. The topological polar surface area (TPSA) is 23.8 Å². The van der Waals surface area contributed by atoms with Gasteiger partial charge in [0.15, 0.2) is 0 Å². The molecule has 3 heterocycles. The monoisotopic (exact) mass is 430 g/mol. The standard InChI is InChI=1S/C26H27ClN4/c1-2-29-14-16-30(17-15-29)19-24-26(20-8-4-3-5-9-20)28-25-13-12-21(18-31(24)25)22-10-6-7-11-23(22)27/h3-13,18H,2,14-17,19H2,1H3. The van der Waals surface area contributed by atoms with Crippen molar-refractivity contribution < 1.29 is 0 Å². The van der Waals surface area contributed by atoms with E-state index in [1.165, 1.54) is 5.69 Å². The summed E-state index contributed by atoms with van der Waals surface area (Å²) in [5, 5.41) is 0.766. The summed E-state index contributed by atoms with van der Waals surface area (Å²) in [5.41, 5.74) is 6.58. The molecule has 0 N–H and O–H groups in total. The largest absolute Gasteiger partial charge is 0.301 e. The number of pyridine rings is 1. The number of nitrogens with zero attached hydrogens (tertiary/aromatic N) is 4. The number of hydrogen-bond donors (Lipinski definition) is 0. The van der Waals surface area contributed by atoms with Crippen molar-refractivity contribution in [1.82, 2.24) is 19.2 Å². The lowest BCUT2D eigenvalue weighted by atomic mass is 10.1. The summed E-state index contributed by atoms with van der Waals surface area (Å²) >= 11 is 6.50. The van der Waals surface area contributed by atoms with Gasteiger partial charge in [-0.15, -0.1) is 0 Å². The molecule has 5 rings (SSSR count). The van der Waals surface area contributed by atoms with Crippen LogP contribution in [0, 0.1) is 0 Å². The maximum Gasteiger partial charge on any atom is 0.137 e. The summed E-state index contributed by atoms with van der Waals surface area (Å²) in [6.07, 6.45) is 2.19. The smallest absolute Gasteiger partial charge is 0.137 e. The van der Waals surface area contributed by atoms with E-state index in [0.717, 1.165) is 72.3 Å². The van der Waals surface area contributed by atoms with Crippen LogP contribution in [0.15, 0.2) is 72.9 Å². The van der Waals surface area contributed by atoms with Crippen LogP contribution in [0.25, 0.3) is 28.0 Å². The van der Waals surface area contributed by atoms with Crippen molar-refractivity contribution in [2.45, 2.75) is 13.5 Å². The average Bonchev–Trinajstić information content (AvgIpc) is 3.18. The number of piperazine rings is 1. The van der Waals surface area contributed by atoms with Crippen LogP contribution in [0.3, 0.4) is 0 Å². The van der Waals surface area contributed by atoms with Gasteiger partial charge in [0.1, 0.15) is 5.65 Å². The third-order valence-electron chi connectivity index (χ3n) is 6.24. The highest BCUT2D eigenvalue weighted by molar-refractivity contribution is 6.33. The van der Waals surface area contributed by atoms with Gasteiger partial charge in [-0.05, 0) is 30.3 Å². The molecule has 1 aliphatic rings. The Labute approximate surface area is 188 Å². The number of aromatic nitrogens is 2. The molecule has 2 aromatic carbocycles. The van der Waals surface area contributed by atoms with Gasteiger partial charge in [0, 0.05) is 55.1 Å². The molecule has 0 atom stereocenters. The van der Waals surface area contributed by atoms with Gasteiger partial charge in [-0.3, -0.25) is 4.90 Å². The molecule has 158 valence electrons. The number of hydrogen-bond acceptors (Lipinski definition) is 3. The molecule has 4 nitrogen and oxygen atoms in total. The van der Waals surface area contributed by atoms with E-state index >= 15 is 0 Å². The Balaban J connectivity index is 1.59. The number of benzene rings is 2. The zero-order valence-corrected chi connectivity index (χ0v) is 18.6. The van der Waals surface area contributed by atoms with Gasteiger partial charge in [0.05, 0.1) is 11.4 Å². The van der Waals surface area contributed by atoms with E-state index in [2.05, 4.69) is 75.9 Å². The van der Waals surface area contributed by atoms with Crippen LogP contribution in [0.1, 0.15) is 12.6 Å². The average molecular weight is 431 g/mol. The number of likely N-dealkylation sites (N-methyl/N-ethyl adjacent to an activating group) is 1. The predicted octanol–water partition coefficient (Wildman–Crippen LogP) is 5.46. The molecule has 0 radical (unpaired) electrons. The summed E-state index contributed by atoms with van der Waals surface area (Å²) in [5.74, 6) is 0. The van der Waals surface area contributed by atoms with Crippen LogP contribution in [0.5, 0.6) is 0 Å². The van der Waals surface area contributed by atoms with E-state index in [1.807, 2.05) is 18.2 Å². The zero-order valence-electron chi connectivity index (χ0n) is 17.8. The molecular formula is C26H27ClN4. The first-order valence-electron chi connectivity index (χ1n) is 11.0. The van der Waals surface area contributed by atoms with Crippen molar-refractivity contribution >= 4 is 17.2 Å². The van der Waals surface area contributed by atoms with Gasteiger partial charge >= 0.3 is 0 Å². The Morgan fingerprint density at radius 2 is 1.52 bits per heavy atom. The van der Waals surface area contributed by atoms with Crippen LogP contribution in [0.2, 0.25) is 5.02 Å². The minimum absolute atomic E-state index is 0.766. The lowest BCUT2D eigenvalue weighted by Crippen LogP contribution is -2.45. The fourth-order valence-electron chi connectivity index (χ4n) is 4.40. The van der Waals surface area contributed by atoms with Crippen LogP contribution in [0.4, 0.5) is 0 Å². The van der Waals surface area contributed by atoms with E-state index in [9.17, 15) is 0 Å². The molecule has 0 spiro atoms. The molecule has 1 aliphatic heterocycles. The second-order valence-electron chi connectivity index (χ2n) is 8.11. The second-order valence-corrected chi connectivity index (χ2v) is 8.52. The van der Waals surface area contributed by atoms with Gasteiger partial charge in [-0.2, -0.15) is 0 Å². The van der Waals surface area contributed by atoms with E-state index < -0.39 is 0 Å². The molecule has 2 aromatic heterocycles. The van der Waals surface area contributed by atoms with Crippen LogP contribution < -0.4 is 0 Å². The molecular weight excluding hydrogens is 404 g/mol. The molecule has 1 saturated heterocycles. The van der Waals surface area contributed by atoms with Crippen molar-refractivity contribution in [2.24, 2.45) is 0 Å². The molecule has 1 fully saturated rings. The summed E-state index contributed by atoms with van der Waals surface area (Å²) in [6, 6.07) is 22.7. The molecule has 0 unspecified atom stereocenters. The molecule has 5 heteroatoms. The lowest BCUT2D eigenvalue weighted by molar-refractivity contribution is 0.131. The van der Waals surface area contributed by atoms with Crippen molar-refractivity contribution in [1.29, 1.82) is 0 Å². The van der Waals surface area contributed by atoms with Gasteiger partial charge in [-0.25, -0.2) is 4.98 Å². The number of imidazole rings is 1. The highest BCUT2D eigenvalue weighted by Gasteiger charge is 2.21. The van der Waals surface area contributed by atoms with Gasteiger partial charge in [0.2, 0.25) is 0 Å². The third kappa shape index (κ3) is 4.11. The van der Waals surface area contributed by atoms with Crippen LogP contribution in [-0.4, -0.2) is 51.9 Å². The van der Waals surface area contributed by atoms with Crippen molar-refractivity contribution in [3.8, 4) is 22.4 Å².